The second-order valence-corrected chi connectivity index (χ2v) is 13.0. The number of halogens is 3. The van der Waals surface area contributed by atoms with E-state index >= 15 is 0 Å². The number of phenolic OH excluding ortho intramolecular Hbond substituents is 2. The number of hydrogen-bond donors (Lipinski definition) is 4. The number of rotatable bonds is 12. The summed E-state index contributed by atoms with van der Waals surface area (Å²) < 4.78 is 37.5. The van der Waals surface area contributed by atoms with Gasteiger partial charge in [-0.05, 0) is 87.2 Å². The summed E-state index contributed by atoms with van der Waals surface area (Å²) in [6.07, 6.45) is -2.82. The average molecular weight is 731 g/mol. The molecular weight excluding hydrogens is 685 g/mol. The van der Waals surface area contributed by atoms with Gasteiger partial charge in [-0.1, -0.05) is 31.2 Å². The van der Waals surface area contributed by atoms with Crippen molar-refractivity contribution in [3.63, 3.8) is 0 Å². The highest BCUT2D eigenvalue weighted by Crippen LogP contribution is 2.30. The second kappa shape index (κ2) is 18.3. The zero-order valence-corrected chi connectivity index (χ0v) is 29.3. The van der Waals surface area contributed by atoms with Gasteiger partial charge in [-0.3, -0.25) is 4.79 Å². The maximum absolute atomic E-state index is 14.2. The van der Waals surface area contributed by atoms with Crippen molar-refractivity contribution in [1.29, 1.82) is 0 Å². The van der Waals surface area contributed by atoms with Crippen LogP contribution in [0.1, 0.15) is 61.5 Å². The van der Waals surface area contributed by atoms with E-state index in [-0.39, 0.29) is 30.1 Å². The van der Waals surface area contributed by atoms with Gasteiger partial charge in [0.05, 0.1) is 37.3 Å². The van der Waals surface area contributed by atoms with Crippen molar-refractivity contribution < 1.29 is 56.9 Å². The van der Waals surface area contributed by atoms with Crippen molar-refractivity contribution >= 4 is 29.6 Å². The number of primary amides is 1. The van der Waals surface area contributed by atoms with Gasteiger partial charge >= 0.3 is 18.2 Å². The van der Waals surface area contributed by atoms with Gasteiger partial charge in [0, 0.05) is 17.7 Å². The van der Waals surface area contributed by atoms with Crippen LogP contribution in [0.2, 0.25) is 0 Å². The molecule has 1 fully saturated rings. The third kappa shape index (κ3) is 12.2. The summed E-state index contributed by atoms with van der Waals surface area (Å²) in [7, 11) is 0. The number of nitrogens with one attached hydrogen (secondary N) is 1. The maximum atomic E-state index is 14.2. The van der Waals surface area contributed by atoms with Gasteiger partial charge in [-0.2, -0.15) is 13.2 Å². The van der Waals surface area contributed by atoms with E-state index in [9.17, 15) is 37.8 Å². The van der Waals surface area contributed by atoms with Crippen LogP contribution in [0, 0.1) is 0 Å². The van der Waals surface area contributed by atoms with Crippen LogP contribution < -0.4 is 16.2 Å². The van der Waals surface area contributed by atoms with Gasteiger partial charge < -0.3 is 45.3 Å². The molecule has 1 aliphatic heterocycles. The number of anilines is 1. The number of amides is 3. The number of alkyl halides is 3. The number of carboxylic acids is 1. The molecule has 1 unspecified atom stereocenters. The first kappa shape index (κ1) is 41.1. The minimum Gasteiger partial charge on any atom is -0.542 e. The summed E-state index contributed by atoms with van der Waals surface area (Å²) in [5, 5.41) is 31.6. The lowest BCUT2D eigenvalue weighted by Gasteiger charge is -2.48. The number of carboxylic acid groups (broad SMARTS) is 1. The molecule has 1 aliphatic rings. The predicted octanol–water partition coefficient (Wildman–Crippen LogP) is 4.48. The number of likely N-dealkylation sites (tertiary alicyclic amines) is 1. The van der Waals surface area contributed by atoms with Gasteiger partial charge in [0.2, 0.25) is 5.91 Å². The Hall–Kier alpha value is -5.31. The highest BCUT2D eigenvalue weighted by molar-refractivity contribution is 5.95. The first-order valence-corrected chi connectivity index (χ1v) is 16.8. The minimum atomic E-state index is -5.19. The normalized spacial score (nSPS) is 17.6. The monoisotopic (exact) mass is 730 g/mol. The Bertz CT molecular complexity index is 1660. The number of nitrogens with zero attached hydrogens (tertiary/aromatic N) is 2. The molecule has 12 nitrogen and oxygen atoms in total. The van der Waals surface area contributed by atoms with Crippen LogP contribution in [-0.4, -0.2) is 87.5 Å². The number of phenols is 2. The summed E-state index contributed by atoms with van der Waals surface area (Å²) in [6.45, 7) is 8.75. The lowest BCUT2D eigenvalue weighted by molar-refractivity contribution is -0.946. The van der Waals surface area contributed by atoms with E-state index in [1.165, 1.54) is 0 Å². The quantitative estimate of drug-likeness (QED) is 0.155. The van der Waals surface area contributed by atoms with E-state index in [1.54, 1.807) is 79.4 Å². The molecule has 52 heavy (non-hydrogen) atoms. The van der Waals surface area contributed by atoms with E-state index in [4.69, 9.17) is 20.4 Å². The summed E-state index contributed by atoms with van der Waals surface area (Å²) in [4.78, 5) is 50.0. The van der Waals surface area contributed by atoms with Crippen molar-refractivity contribution in [3.8, 4) is 11.5 Å². The molecule has 0 spiro atoms. The molecule has 0 saturated carbocycles. The Morgan fingerprint density at radius 1 is 1.00 bits per heavy atom. The number of nitrogens with two attached hydrogens (primary N) is 1. The smallest absolute Gasteiger partial charge is 0.430 e. The molecule has 1 saturated heterocycles. The Morgan fingerprint density at radius 3 is 2.17 bits per heavy atom. The zero-order valence-electron chi connectivity index (χ0n) is 29.3. The Balaban J connectivity index is 0.000000944. The van der Waals surface area contributed by atoms with Gasteiger partial charge in [-0.25, -0.2) is 9.59 Å². The van der Waals surface area contributed by atoms with E-state index in [1.807, 2.05) is 12.1 Å². The van der Waals surface area contributed by atoms with Crippen LogP contribution in [0.25, 0.3) is 0 Å². The fourth-order valence-corrected chi connectivity index (χ4v) is 6.37. The standard InChI is InChI=1S/C35H44N4O6.C2HF3O2/c1-4-18-39(22-26-7-5-9-31(41)20-26)19-6-8-29(23-39)38(32(33(36)42)21-25-10-16-30(40)17-11-25)35(44)37-28-14-12-27(13-15-28)34(43)45-24(2)3;3-2(4,5)1(6)7/h5,7,9-17,20,24,29,32H,4,6,8,18-19,21-23H2,1-3H3,(H4-,36,37,40,41,42,43,44);(H,6,7)/t29-,32+,39?;/m1./s1. The highest BCUT2D eigenvalue weighted by atomic mass is 19.4. The SMILES string of the molecule is CCC[N+]1(Cc2cccc(O)c2)CCC[C@@H](N(C(=O)Nc2ccc(C(=O)OC(C)C)cc2)[C@@H](Cc2ccc(O)cc2)C(N)=O)C1.O=C([O-])C(F)(F)F. The number of benzene rings is 3. The second-order valence-electron chi connectivity index (χ2n) is 13.0. The molecule has 282 valence electrons. The van der Waals surface area contributed by atoms with Gasteiger partial charge in [0.25, 0.3) is 0 Å². The van der Waals surface area contributed by atoms with Crippen molar-refractivity contribution in [3.05, 3.63) is 89.5 Å². The van der Waals surface area contributed by atoms with Crippen LogP contribution >= 0.6 is 0 Å². The number of aromatic hydroxyl groups is 2. The van der Waals surface area contributed by atoms with Crippen molar-refractivity contribution in [2.75, 3.05) is 25.0 Å². The van der Waals surface area contributed by atoms with E-state index in [0.29, 0.717) is 35.2 Å². The van der Waals surface area contributed by atoms with Gasteiger partial charge in [0.15, 0.2) is 0 Å². The molecule has 5 N–H and O–H groups in total. The van der Waals surface area contributed by atoms with Crippen LogP contribution in [0.4, 0.5) is 23.7 Å². The lowest BCUT2D eigenvalue weighted by atomic mass is 9.95. The minimum absolute atomic E-state index is 0.102. The molecule has 3 aromatic rings. The third-order valence-electron chi connectivity index (χ3n) is 8.50. The fourth-order valence-electron chi connectivity index (χ4n) is 6.37. The number of quaternary nitrogens is 1. The average Bonchev–Trinajstić information content (AvgIpc) is 3.05. The molecule has 4 rings (SSSR count). The largest absolute Gasteiger partial charge is 0.542 e. The van der Waals surface area contributed by atoms with Crippen LogP contribution in [0.15, 0.2) is 72.8 Å². The van der Waals surface area contributed by atoms with Crippen LogP contribution in [0.5, 0.6) is 11.5 Å². The number of urea groups is 1. The molecule has 3 atom stereocenters. The molecule has 3 aromatic carbocycles. The Kier molecular flexibility index (Phi) is 14.4. The maximum Gasteiger partial charge on any atom is 0.430 e. The summed E-state index contributed by atoms with van der Waals surface area (Å²) in [6, 6.07) is 18.5. The molecular formula is C37H45F3N4O8. The number of aliphatic carboxylic acids is 1. The van der Waals surface area contributed by atoms with E-state index in [0.717, 1.165) is 37.1 Å². The molecule has 15 heteroatoms. The number of carbonyl (C=O) groups is 4. The molecule has 0 radical (unpaired) electrons. The van der Waals surface area contributed by atoms with Gasteiger partial charge in [-0.15, -0.1) is 0 Å². The third-order valence-corrected chi connectivity index (χ3v) is 8.50. The number of piperidine rings is 1. The number of hydrogen-bond acceptors (Lipinski definition) is 8. The molecule has 0 aliphatic carbocycles. The summed E-state index contributed by atoms with van der Waals surface area (Å²) >= 11 is 0. The summed E-state index contributed by atoms with van der Waals surface area (Å²) in [5.41, 5.74) is 8.61. The molecule has 0 aromatic heterocycles. The number of esters is 1. The molecule has 0 bridgehead atoms. The zero-order chi connectivity index (χ0) is 38.6. The topological polar surface area (TPSA) is 182 Å². The van der Waals surface area contributed by atoms with Crippen LogP contribution in [0.3, 0.4) is 0 Å². The Morgan fingerprint density at radius 2 is 1.63 bits per heavy atom. The lowest BCUT2D eigenvalue weighted by Crippen LogP contribution is -2.64. The van der Waals surface area contributed by atoms with Crippen LogP contribution in [-0.2, 0) is 27.3 Å². The van der Waals surface area contributed by atoms with Gasteiger partial charge in [0.1, 0.15) is 30.1 Å². The first-order valence-electron chi connectivity index (χ1n) is 16.8. The van der Waals surface area contributed by atoms with E-state index in [2.05, 4.69) is 12.2 Å². The highest BCUT2D eigenvalue weighted by Gasteiger charge is 2.42. The van der Waals surface area contributed by atoms with E-state index < -0.39 is 36.1 Å². The first-order chi connectivity index (χ1) is 24.4. The van der Waals surface area contributed by atoms with Crippen molar-refractivity contribution in [2.45, 2.75) is 77.4 Å². The Labute approximate surface area is 300 Å². The molecule has 3 amide bonds. The van der Waals surface area contributed by atoms with Crippen molar-refractivity contribution in [2.24, 2.45) is 5.73 Å². The molecule has 1 heterocycles. The number of carbonyl (C=O) groups excluding carboxylic acids is 4. The fraction of sp³-hybridized carbons (Fsp3) is 0.405. The number of ether oxygens (including phenoxy) is 1. The summed E-state index contributed by atoms with van der Waals surface area (Å²) in [5.74, 6) is -3.77. The van der Waals surface area contributed by atoms with Crippen molar-refractivity contribution in [1.82, 2.24) is 4.90 Å². The predicted molar refractivity (Wildman–Crippen MR) is 184 cm³/mol.